The van der Waals surface area contributed by atoms with E-state index in [4.69, 9.17) is 18.0 Å². The molecule has 0 bridgehead atoms. The Kier molecular flexibility index (Phi) is 3.12. The first-order valence-electron chi connectivity index (χ1n) is 6.25. The molecule has 1 aromatic heterocycles. The van der Waals surface area contributed by atoms with Gasteiger partial charge in [0.05, 0.1) is 11.0 Å². The van der Waals surface area contributed by atoms with Gasteiger partial charge in [0.1, 0.15) is 5.82 Å². The standard InChI is InChI=1S/C15H14N4S/c1-9-2-4-10(5-3-9)14-18-12-7-6-11(17-15(16)20)8-13(12)19-14/h2-8H,1H3,(H,18,19)(H3,16,17,20). The van der Waals surface area contributed by atoms with E-state index in [9.17, 15) is 0 Å². The van der Waals surface area contributed by atoms with Gasteiger partial charge in [-0.1, -0.05) is 29.8 Å². The maximum absolute atomic E-state index is 5.47. The highest BCUT2D eigenvalue weighted by Gasteiger charge is 2.06. The lowest BCUT2D eigenvalue weighted by Gasteiger charge is -2.02. The highest BCUT2D eigenvalue weighted by molar-refractivity contribution is 7.80. The first-order chi connectivity index (χ1) is 9.61. The highest BCUT2D eigenvalue weighted by atomic mass is 32.1. The number of aryl methyl sites for hydroxylation is 1. The summed E-state index contributed by atoms with van der Waals surface area (Å²) in [5.41, 5.74) is 10.5. The number of H-pyrrole nitrogens is 1. The van der Waals surface area contributed by atoms with Crippen LogP contribution in [0.5, 0.6) is 0 Å². The van der Waals surface area contributed by atoms with Crippen LogP contribution in [0.2, 0.25) is 0 Å². The molecule has 1 heterocycles. The minimum absolute atomic E-state index is 0.252. The number of imidazole rings is 1. The summed E-state index contributed by atoms with van der Waals surface area (Å²) in [4.78, 5) is 7.90. The third kappa shape index (κ3) is 2.48. The van der Waals surface area contributed by atoms with Crippen LogP contribution < -0.4 is 11.1 Å². The molecule has 20 heavy (non-hydrogen) atoms. The Morgan fingerprint density at radius 3 is 2.65 bits per heavy atom. The topological polar surface area (TPSA) is 66.7 Å². The molecule has 0 radical (unpaired) electrons. The molecule has 0 atom stereocenters. The average molecular weight is 282 g/mol. The molecule has 3 aromatic rings. The number of nitrogens with two attached hydrogens (primary N) is 1. The van der Waals surface area contributed by atoms with Crippen molar-refractivity contribution in [3.8, 4) is 11.4 Å². The van der Waals surface area contributed by atoms with E-state index in [1.807, 2.05) is 18.2 Å². The van der Waals surface area contributed by atoms with Gasteiger partial charge in [-0.05, 0) is 37.3 Å². The number of aromatic amines is 1. The second-order valence-electron chi connectivity index (χ2n) is 4.67. The second kappa shape index (κ2) is 4.94. The van der Waals surface area contributed by atoms with Crippen LogP contribution in [0.1, 0.15) is 5.56 Å². The zero-order valence-corrected chi connectivity index (χ0v) is 11.8. The van der Waals surface area contributed by atoms with Crippen LogP contribution in [0.25, 0.3) is 22.4 Å². The van der Waals surface area contributed by atoms with Gasteiger partial charge < -0.3 is 16.0 Å². The minimum Gasteiger partial charge on any atom is -0.376 e. The first-order valence-corrected chi connectivity index (χ1v) is 6.66. The van der Waals surface area contributed by atoms with Gasteiger partial charge in [0.2, 0.25) is 0 Å². The van der Waals surface area contributed by atoms with Crippen LogP contribution in [0.4, 0.5) is 5.69 Å². The van der Waals surface area contributed by atoms with Gasteiger partial charge in [0.15, 0.2) is 5.11 Å². The van der Waals surface area contributed by atoms with Gasteiger partial charge in [-0.25, -0.2) is 4.98 Å². The average Bonchev–Trinajstić information content (AvgIpc) is 2.81. The van der Waals surface area contributed by atoms with Crippen LogP contribution in [-0.4, -0.2) is 15.1 Å². The van der Waals surface area contributed by atoms with Crippen molar-refractivity contribution in [3.63, 3.8) is 0 Å². The van der Waals surface area contributed by atoms with Gasteiger partial charge in [-0.3, -0.25) is 0 Å². The third-order valence-corrected chi connectivity index (χ3v) is 3.18. The van der Waals surface area contributed by atoms with Crippen molar-refractivity contribution < 1.29 is 0 Å². The van der Waals surface area contributed by atoms with E-state index in [1.165, 1.54) is 5.56 Å². The molecule has 2 aromatic carbocycles. The predicted molar refractivity (Wildman–Crippen MR) is 86.7 cm³/mol. The van der Waals surface area contributed by atoms with Crippen molar-refractivity contribution in [2.75, 3.05) is 5.32 Å². The summed E-state index contributed by atoms with van der Waals surface area (Å²) in [5.74, 6) is 0.854. The Hall–Kier alpha value is -2.40. The fourth-order valence-corrected chi connectivity index (χ4v) is 2.20. The Balaban J connectivity index is 2.01. The van der Waals surface area contributed by atoms with Crippen LogP contribution in [0.3, 0.4) is 0 Å². The van der Waals surface area contributed by atoms with Crippen molar-refractivity contribution in [3.05, 3.63) is 48.0 Å². The van der Waals surface area contributed by atoms with Crippen LogP contribution in [0.15, 0.2) is 42.5 Å². The summed E-state index contributed by atoms with van der Waals surface area (Å²) >= 11 is 4.84. The van der Waals surface area contributed by atoms with Gasteiger partial charge in [0, 0.05) is 11.3 Å². The zero-order chi connectivity index (χ0) is 14.1. The van der Waals surface area contributed by atoms with E-state index in [0.717, 1.165) is 28.1 Å². The van der Waals surface area contributed by atoms with Crippen LogP contribution in [0, 0.1) is 6.92 Å². The van der Waals surface area contributed by atoms with E-state index in [-0.39, 0.29) is 5.11 Å². The molecular formula is C15H14N4S. The van der Waals surface area contributed by atoms with Crippen molar-refractivity contribution in [1.82, 2.24) is 9.97 Å². The molecule has 0 aliphatic heterocycles. The molecule has 0 amide bonds. The molecule has 0 aliphatic rings. The number of hydrogen-bond acceptors (Lipinski definition) is 2. The smallest absolute Gasteiger partial charge is 0.168 e. The lowest BCUT2D eigenvalue weighted by atomic mass is 10.1. The number of hydrogen-bond donors (Lipinski definition) is 3. The van der Waals surface area contributed by atoms with E-state index in [0.29, 0.717) is 0 Å². The van der Waals surface area contributed by atoms with E-state index >= 15 is 0 Å². The number of rotatable bonds is 2. The summed E-state index contributed by atoms with van der Waals surface area (Å²) in [6.45, 7) is 2.07. The minimum atomic E-state index is 0.252. The predicted octanol–water partition coefficient (Wildman–Crippen LogP) is 3.19. The molecule has 0 saturated heterocycles. The third-order valence-electron chi connectivity index (χ3n) is 3.07. The highest BCUT2D eigenvalue weighted by Crippen LogP contribution is 2.23. The molecule has 0 spiro atoms. The number of aromatic nitrogens is 2. The first kappa shape index (κ1) is 12.6. The molecule has 4 N–H and O–H groups in total. The number of nitrogens with one attached hydrogen (secondary N) is 2. The zero-order valence-electron chi connectivity index (χ0n) is 11.0. The van der Waals surface area contributed by atoms with Gasteiger partial charge in [-0.2, -0.15) is 0 Å². The molecule has 100 valence electrons. The van der Waals surface area contributed by atoms with E-state index in [1.54, 1.807) is 0 Å². The molecule has 4 nitrogen and oxygen atoms in total. The molecule has 0 saturated carbocycles. The summed E-state index contributed by atoms with van der Waals surface area (Å²) < 4.78 is 0. The lowest BCUT2D eigenvalue weighted by Crippen LogP contribution is -2.18. The summed E-state index contributed by atoms with van der Waals surface area (Å²) in [5, 5.41) is 3.17. The number of benzene rings is 2. The van der Waals surface area contributed by atoms with Gasteiger partial charge in [-0.15, -0.1) is 0 Å². The Morgan fingerprint density at radius 1 is 1.20 bits per heavy atom. The maximum atomic E-state index is 5.47. The molecular weight excluding hydrogens is 268 g/mol. The maximum Gasteiger partial charge on any atom is 0.168 e. The van der Waals surface area contributed by atoms with E-state index < -0.39 is 0 Å². The van der Waals surface area contributed by atoms with Crippen molar-refractivity contribution in [2.45, 2.75) is 6.92 Å². The Labute approximate surface area is 122 Å². The van der Waals surface area contributed by atoms with Crippen molar-refractivity contribution >= 4 is 34.1 Å². The van der Waals surface area contributed by atoms with Crippen molar-refractivity contribution in [1.29, 1.82) is 0 Å². The molecule has 0 aliphatic carbocycles. The summed E-state index contributed by atoms with van der Waals surface area (Å²) in [7, 11) is 0. The fraction of sp³-hybridized carbons (Fsp3) is 0.0667. The fourth-order valence-electron chi connectivity index (χ4n) is 2.08. The quantitative estimate of drug-likeness (QED) is 0.631. The summed E-state index contributed by atoms with van der Waals surface area (Å²) in [6.07, 6.45) is 0. The molecule has 5 heteroatoms. The monoisotopic (exact) mass is 282 g/mol. The largest absolute Gasteiger partial charge is 0.376 e. The number of nitrogens with zero attached hydrogens (tertiary/aromatic N) is 1. The number of fused-ring (bicyclic) bond motifs is 1. The van der Waals surface area contributed by atoms with Gasteiger partial charge in [0.25, 0.3) is 0 Å². The summed E-state index contributed by atoms with van der Waals surface area (Å²) in [6, 6.07) is 14.0. The SMILES string of the molecule is Cc1ccc(-c2nc3ccc(NC(N)=S)cc3[nH]2)cc1. The second-order valence-corrected chi connectivity index (χ2v) is 5.11. The Bertz CT molecular complexity index is 774. The molecule has 0 unspecified atom stereocenters. The molecule has 3 rings (SSSR count). The van der Waals surface area contributed by atoms with Gasteiger partial charge >= 0.3 is 0 Å². The molecule has 0 fully saturated rings. The normalized spacial score (nSPS) is 10.7. The Morgan fingerprint density at radius 2 is 1.95 bits per heavy atom. The van der Waals surface area contributed by atoms with Crippen LogP contribution >= 0.6 is 12.2 Å². The van der Waals surface area contributed by atoms with Crippen molar-refractivity contribution in [2.24, 2.45) is 5.73 Å². The lowest BCUT2D eigenvalue weighted by molar-refractivity contribution is 1.33. The van der Waals surface area contributed by atoms with E-state index in [2.05, 4.69) is 46.5 Å². The number of anilines is 1. The number of thiocarbonyl (C=S) groups is 1. The van der Waals surface area contributed by atoms with Crippen LogP contribution in [-0.2, 0) is 0 Å².